The van der Waals surface area contributed by atoms with Gasteiger partial charge in [0.15, 0.2) is 8.32 Å². The van der Waals surface area contributed by atoms with Crippen molar-refractivity contribution >= 4 is 31.5 Å². The van der Waals surface area contributed by atoms with Gasteiger partial charge in [-0.1, -0.05) is 81.8 Å². The third-order valence-corrected chi connectivity index (χ3v) is 12.1. The van der Waals surface area contributed by atoms with E-state index in [1.807, 2.05) is 0 Å². The van der Waals surface area contributed by atoms with Crippen molar-refractivity contribution < 1.29 is 28.4 Å². The zero-order valence-corrected chi connectivity index (χ0v) is 25.1. The minimum absolute atomic E-state index is 0. The molecule has 0 spiro atoms. The van der Waals surface area contributed by atoms with Crippen molar-refractivity contribution in [1.29, 1.82) is 0 Å². The molecule has 0 fully saturated rings. The van der Waals surface area contributed by atoms with Crippen LogP contribution < -0.4 is 39.9 Å². The summed E-state index contributed by atoms with van der Waals surface area (Å²) in [6.45, 7) is 14.1. The van der Waals surface area contributed by atoms with Gasteiger partial charge in [-0.3, -0.25) is 0 Å². The van der Waals surface area contributed by atoms with Crippen molar-refractivity contribution in [2.45, 2.75) is 52.9 Å². The Hall–Kier alpha value is -1.00. The number of halogens is 1. The molecular formula is C29H40IOPSi. The van der Waals surface area contributed by atoms with Crippen LogP contribution in [0.2, 0.25) is 19.6 Å². The molecule has 0 heterocycles. The number of hydrogen-bond donors (Lipinski definition) is 0. The molecule has 0 aromatic heterocycles. The molecule has 3 aromatic carbocycles. The standard InChI is InChI=1S/C29H40OPSi.HI/c1-7-24(2)29(30-32(4,5)6)25(3)23-31(26-17-11-8-12-18-26,27-19-13-9-14-20-27)28-21-15-10-16-22-28;/h8-22,24-25,29H,7,23H2,1-6H3;1H/q+1;/p-1/t24-,25-,29+;/m0./s1/i23+2;. The minimum Gasteiger partial charge on any atom is -1.00 e. The van der Waals surface area contributed by atoms with E-state index in [-0.39, 0.29) is 30.1 Å². The molecule has 1 nitrogen and oxygen atoms in total. The molecule has 0 amide bonds. The van der Waals surface area contributed by atoms with Gasteiger partial charge in [-0.15, -0.1) is 0 Å². The molecule has 0 aliphatic carbocycles. The summed E-state index contributed by atoms with van der Waals surface area (Å²) in [6.07, 6.45) is 2.54. The Labute approximate surface area is 220 Å². The van der Waals surface area contributed by atoms with E-state index in [4.69, 9.17) is 4.43 Å². The molecule has 0 aliphatic heterocycles. The Morgan fingerprint density at radius 2 is 1.09 bits per heavy atom. The van der Waals surface area contributed by atoms with E-state index in [2.05, 4.69) is 131 Å². The number of hydrogen-bond acceptors (Lipinski definition) is 1. The summed E-state index contributed by atoms with van der Waals surface area (Å²) >= 11 is 0. The van der Waals surface area contributed by atoms with Gasteiger partial charge < -0.3 is 28.4 Å². The first-order chi connectivity index (χ1) is 15.3. The Kier molecular flexibility index (Phi) is 10.8. The molecule has 0 saturated carbocycles. The predicted octanol–water partition coefficient (Wildman–Crippen LogP) is 3.89. The molecule has 0 unspecified atom stereocenters. The highest BCUT2D eigenvalue weighted by Gasteiger charge is 2.48. The largest absolute Gasteiger partial charge is 1.00 e. The third kappa shape index (κ3) is 7.00. The summed E-state index contributed by atoms with van der Waals surface area (Å²) in [5, 5.41) is 4.38. The molecule has 0 N–H and O–H groups in total. The molecule has 0 bridgehead atoms. The van der Waals surface area contributed by atoms with Crippen LogP contribution in [-0.2, 0) is 4.43 Å². The number of benzene rings is 3. The Morgan fingerprint density at radius 3 is 1.39 bits per heavy atom. The van der Waals surface area contributed by atoms with Crippen LogP contribution in [0.4, 0.5) is 0 Å². The maximum Gasteiger partial charge on any atom is 0.184 e. The molecule has 3 atom stereocenters. The van der Waals surface area contributed by atoms with E-state index in [0.29, 0.717) is 11.8 Å². The summed E-state index contributed by atoms with van der Waals surface area (Å²) in [4.78, 5) is 0. The maximum atomic E-state index is 6.86. The summed E-state index contributed by atoms with van der Waals surface area (Å²) < 4.78 is 6.86. The second kappa shape index (κ2) is 12.6. The molecular weight excluding hydrogens is 552 g/mol. The van der Waals surface area contributed by atoms with Crippen LogP contribution in [0, 0.1) is 11.8 Å². The van der Waals surface area contributed by atoms with Crippen LogP contribution >= 0.6 is 7.26 Å². The second-order valence-electron chi connectivity index (χ2n) is 10.1. The molecule has 0 saturated heterocycles. The van der Waals surface area contributed by atoms with Gasteiger partial charge in [-0.25, -0.2) is 0 Å². The topological polar surface area (TPSA) is 9.23 Å². The average molecular weight is 593 g/mol. The van der Waals surface area contributed by atoms with Gasteiger partial charge in [0.05, 0.1) is 12.3 Å². The predicted molar refractivity (Wildman–Crippen MR) is 147 cm³/mol. The maximum absolute atomic E-state index is 6.86. The van der Waals surface area contributed by atoms with Crippen LogP contribution in [0.1, 0.15) is 27.2 Å². The number of rotatable bonds is 10. The van der Waals surface area contributed by atoms with Crippen LogP contribution in [-0.4, -0.2) is 20.6 Å². The molecule has 3 rings (SSSR count). The van der Waals surface area contributed by atoms with Crippen LogP contribution in [0.3, 0.4) is 0 Å². The highest BCUT2D eigenvalue weighted by Crippen LogP contribution is 2.57. The third-order valence-electron chi connectivity index (χ3n) is 6.41. The lowest BCUT2D eigenvalue weighted by Gasteiger charge is -2.37. The monoisotopic (exact) mass is 592 g/mol. The fraction of sp³-hybridized carbons (Fsp3) is 0.379. The van der Waals surface area contributed by atoms with E-state index >= 15 is 0 Å². The van der Waals surface area contributed by atoms with E-state index < -0.39 is 15.6 Å². The summed E-state index contributed by atoms with van der Waals surface area (Å²) in [7, 11) is -3.51. The fourth-order valence-corrected chi connectivity index (χ4v) is 10.7. The Balaban J connectivity index is 0.00000385. The molecule has 3 aromatic rings. The molecule has 0 aliphatic rings. The average Bonchev–Trinajstić information content (AvgIpc) is 2.81. The SMILES string of the molecule is CC[C@H](C)[C@@H](O[Si](C)(C)C)[C@@H](C)[14CH2][P+](c1ccccc1)(c1ccccc1)c1ccccc1.[I-]. The van der Waals surface area contributed by atoms with E-state index in [1.54, 1.807) is 0 Å². The van der Waals surface area contributed by atoms with Crippen molar-refractivity contribution in [3.63, 3.8) is 0 Å². The van der Waals surface area contributed by atoms with E-state index in [0.717, 1.165) is 12.6 Å². The summed E-state index contributed by atoms with van der Waals surface area (Å²) in [5.41, 5.74) is 0. The first kappa shape index (κ1) is 28.2. The van der Waals surface area contributed by atoms with Crippen LogP contribution in [0.5, 0.6) is 0 Å². The molecule has 178 valence electrons. The van der Waals surface area contributed by atoms with Crippen molar-refractivity contribution in [3.8, 4) is 0 Å². The Bertz CT molecular complexity index is 847. The lowest BCUT2D eigenvalue weighted by Crippen LogP contribution is -3.00. The molecule has 4 heteroatoms. The highest BCUT2D eigenvalue weighted by molar-refractivity contribution is 7.95. The second-order valence-corrected chi connectivity index (χ2v) is 18.1. The van der Waals surface area contributed by atoms with Gasteiger partial charge >= 0.3 is 0 Å². The molecule has 0 radical (unpaired) electrons. The van der Waals surface area contributed by atoms with Gasteiger partial charge in [0.2, 0.25) is 0 Å². The zero-order chi connectivity index (χ0) is 23.2. The highest BCUT2D eigenvalue weighted by atomic mass is 127. The lowest BCUT2D eigenvalue weighted by molar-refractivity contribution is -0.00000847. The van der Waals surface area contributed by atoms with E-state index in [9.17, 15) is 0 Å². The lowest BCUT2D eigenvalue weighted by atomic mass is 9.97. The summed E-state index contributed by atoms with van der Waals surface area (Å²) in [6, 6.07) is 33.7. The van der Waals surface area contributed by atoms with Gasteiger partial charge in [0, 0.05) is 5.92 Å². The minimum atomic E-state index is -1.84. The zero-order valence-electron chi connectivity index (χ0n) is 21.0. The van der Waals surface area contributed by atoms with Gasteiger partial charge in [0.25, 0.3) is 0 Å². The van der Waals surface area contributed by atoms with Crippen molar-refractivity contribution in [2.75, 3.05) is 6.16 Å². The van der Waals surface area contributed by atoms with Gasteiger partial charge in [-0.05, 0) is 62.0 Å². The fourth-order valence-electron chi connectivity index (χ4n) is 4.78. The van der Waals surface area contributed by atoms with Gasteiger partial charge in [0.1, 0.15) is 23.2 Å². The molecule has 33 heavy (non-hydrogen) atoms. The Morgan fingerprint density at radius 1 is 0.727 bits per heavy atom. The van der Waals surface area contributed by atoms with Crippen molar-refractivity contribution in [3.05, 3.63) is 91.0 Å². The summed E-state index contributed by atoms with van der Waals surface area (Å²) in [5.74, 6) is 0.992. The first-order valence-corrected chi connectivity index (χ1v) is 17.4. The smallest absolute Gasteiger partial charge is 0.184 e. The van der Waals surface area contributed by atoms with Crippen molar-refractivity contribution in [2.24, 2.45) is 11.8 Å². The van der Waals surface area contributed by atoms with Gasteiger partial charge in [-0.2, -0.15) is 0 Å². The normalized spacial score (nSPS) is 14.7. The van der Waals surface area contributed by atoms with Crippen LogP contribution in [0.25, 0.3) is 0 Å². The first-order valence-electron chi connectivity index (χ1n) is 12.0. The van der Waals surface area contributed by atoms with Crippen LogP contribution in [0.15, 0.2) is 91.0 Å². The quantitative estimate of drug-likeness (QED) is 0.197. The van der Waals surface area contributed by atoms with E-state index in [1.165, 1.54) is 15.9 Å². The van der Waals surface area contributed by atoms with Crippen molar-refractivity contribution in [1.82, 2.24) is 0 Å².